The largest absolute Gasteiger partial charge is 0.370 e. The molecule has 106 valence electrons. The van der Waals surface area contributed by atoms with E-state index < -0.39 is 0 Å². The molecule has 0 spiro atoms. The highest BCUT2D eigenvalue weighted by atomic mass is 15.3. The van der Waals surface area contributed by atoms with Gasteiger partial charge in [-0.2, -0.15) is 4.98 Å². The van der Waals surface area contributed by atoms with E-state index in [9.17, 15) is 0 Å². The van der Waals surface area contributed by atoms with Crippen LogP contribution >= 0.6 is 0 Å². The summed E-state index contributed by atoms with van der Waals surface area (Å²) in [6, 6.07) is 2.08. The zero-order valence-corrected chi connectivity index (χ0v) is 12.4. The van der Waals surface area contributed by atoms with Gasteiger partial charge in [-0.15, -0.1) is 0 Å². The van der Waals surface area contributed by atoms with Gasteiger partial charge >= 0.3 is 0 Å². The van der Waals surface area contributed by atoms with E-state index >= 15 is 0 Å². The summed E-state index contributed by atoms with van der Waals surface area (Å²) in [6.07, 6.45) is 5.18. The van der Waals surface area contributed by atoms with Gasteiger partial charge in [-0.3, -0.25) is 0 Å². The summed E-state index contributed by atoms with van der Waals surface area (Å²) in [5.74, 6) is 2.30. The fourth-order valence-electron chi connectivity index (χ4n) is 2.43. The second-order valence-corrected chi connectivity index (χ2v) is 5.56. The van der Waals surface area contributed by atoms with Crippen LogP contribution in [-0.2, 0) is 0 Å². The number of rotatable bonds is 4. The molecule has 4 nitrogen and oxygen atoms in total. The van der Waals surface area contributed by atoms with E-state index in [1.165, 1.54) is 25.7 Å². The van der Waals surface area contributed by atoms with Gasteiger partial charge in [-0.25, -0.2) is 4.98 Å². The normalized spacial score (nSPS) is 16.5. The first-order valence-corrected chi connectivity index (χ1v) is 7.58. The van der Waals surface area contributed by atoms with Crippen LogP contribution in [0.1, 0.15) is 58.1 Å². The summed E-state index contributed by atoms with van der Waals surface area (Å²) in [4.78, 5) is 11.8. The maximum Gasteiger partial charge on any atom is 0.227 e. The van der Waals surface area contributed by atoms with E-state index in [1.807, 2.05) is 0 Å². The Balaban J connectivity index is 2.26. The summed E-state index contributed by atoms with van der Waals surface area (Å²) in [5, 5.41) is 3.32. The third-order valence-electron chi connectivity index (χ3n) is 3.57. The summed E-state index contributed by atoms with van der Waals surface area (Å²) >= 11 is 0. The van der Waals surface area contributed by atoms with Crippen LogP contribution in [0.2, 0.25) is 0 Å². The third kappa shape index (κ3) is 3.82. The van der Waals surface area contributed by atoms with E-state index in [2.05, 4.69) is 42.0 Å². The molecule has 1 N–H and O–H groups in total. The number of anilines is 2. The van der Waals surface area contributed by atoms with E-state index in [1.54, 1.807) is 0 Å². The molecule has 2 heterocycles. The Kier molecular flexibility index (Phi) is 5.00. The van der Waals surface area contributed by atoms with Crippen LogP contribution in [0.15, 0.2) is 6.07 Å². The Morgan fingerprint density at radius 3 is 2.42 bits per heavy atom. The van der Waals surface area contributed by atoms with Crippen molar-refractivity contribution in [3.63, 3.8) is 0 Å². The maximum absolute atomic E-state index is 4.76. The fourth-order valence-corrected chi connectivity index (χ4v) is 2.43. The summed E-state index contributed by atoms with van der Waals surface area (Å²) in [5.41, 5.74) is 1.13. The molecule has 0 amide bonds. The highest BCUT2D eigenvalue weighted by Gasteiger charge is 2.15. The van der Waals surface area contributed by atoms with Crippen molar-refractivity contribution in [3.8, 4) is 0 Å². The topological polar surface area (TPSA) is 41.1 Å². The van der Waals surface area contributed by atoms with E-state index in [4.69, 9.17) is 4.98 Å². The lowest BCUT2D eigenvalue weighted by Gasteiger charge is -2.22. The molecule has 1 aromatic heterocycles. The molecule has 0 aromatic carbocycles. The molecular weight excluding hydrogens is 236 g/mol. The summed E-state index contributed by atoms with van der Waals surface area (Å²) in [7, 11) is 0. The molecule has 1 aliphatic rings. The summed E-state index contributed by atoms with van der Waals surface area (Å²) < 4.78 is 0. The second-order valence-electron chi connectivity index (χ2n) is 5.56. The highest BCUT2D eigenvalue weighted by Crippen LogP contribution is 2.22. The molecule has 1 aliphatic heterocycles. The number of nitrogens with zero attached hydrogens (tertiary/aromatic N) is 3. The van der Waals surface area contributed by atoms with Crippen molar-refractivity contribution in [1.29, 1.82) is 0 Å². The molecule has 0 atom stereocenters. The third-order valence-corrected chi connectivity index (χ3v) is 3.57. The molecular formula is C15H26N4. The van der Waals surface area contributed by atoms with Crippen molar-refractivity contribution >= 4 is 11.8 Å². The first-order valence-electron chi connectivity index (χ1n) is 7.58. The molecule has 0 unspecified atom stereocenters. The molecule has 19 heavy (non-hydrogen) atoms. The number of aromatic nitrogens is 2. The Morgan fingerprint density at radius 1 is 1.16 bits per heavy atom. The van der Waals surface area contributed by atoms with Gasteiger partial charge in [-0.1, -0.05) is 26.7 Å². The minimum atomic E-state index is 0.436. The van der Waals surface area contributed by atoms with Crippen LogP contribution in [-0.4, -0.2) is 29.6 Å². The maximum atomic E-state index is 4.76. The van der Waals surface area contributed by atoms with E-state index in [-0.39, 0.29) is 0 Å². The van der Waals surface area contributed by atoms with Crippen LogP contribution in [0.5, 0.6) is 0 Å². The smallest absolute Gasteiger partial charge is 0.227 e. The predicted molar refractivity (Wildman–Crippen MR) is 81.0 cm³/mol. The van der Waals surface area contributed by atoms with Crippen LogP contribution in [0.3, 0.4) is 0 Å². The molecule has 0 aliphatic carbocycles. The number of hydrogen-bond acceptors (Lipinski definition) is 4. The SMILES string of the molecule is CCNc1cc(C(C)C)nc(N2CCCCCC2)n1. The Morgan fingerprint density at radius 2 is 1.84 bits per heavy atom. The lowest BCUT2D eigenvalue weighted by molar-refractivity contribution is 0.726. The molecule has 2 rings (SSSR count). The predicted octanol–water partition coefficient (Wildman–Crippen LogP) is 3.41. The monoisotopic (exact) mass is 262 g/mol. The average Bonchev–Trinajstić information content (AvgIpc) is 2.67. The first-order chi connectivity index (χ1) is 9.20. The lowest BCUT2D eigenvalue weighted by atomic mass is 10.1. The van der Waals surface area contributed by atoms with Gasteiger partial charge in [0.2, 0.25) is 5.95 Å². The van der Waals surface area contributed by atoms with Crippen molar-refractivity contribution in [2.24, 2.45) is 0 Å². The van der Waals surface area contributed by atoms with Crippen molar-refractivity contribution in [1.82, 2.24) is 9.97 Å². The molecule has 1 saturated heterocycles. The standard InChI is InChI=1S/C15H26N4/c1-4-16-14-11-13(12(2)3)17-15(18-14)19-9-7-5-6-8-10-19/h11-12H,4-10H2,1-3H3,(H,16,17,18). The van der Waals surface area contributed by atoms with Crippen LogP contribution in [0.25, 0.3) is 0 Å². The Bertz CT molecular complexity index is 395. The van der Waals surface area contributed by atoms with Gasteiger partial charge < -0.3 is 10.2 Å². The van der Waals surface area contributed by atoms with Crippen molar-refractivity contribution < 1.29 is 0 Å². The van der Waals surface area contributed by atoms with E-state index in [0.717, 1.165) is 37.1 Å². The van der Waals surface area contributed by atoms with Crippen LogP contribution in [0.4, 0.5) is 11.8 Å². The highest BCUT2D eigenvalue weighted by molar-refractivity contribution is 5.44. The second kappa shape index (κ2) is 6.73. The average molecular weight is 262 g/mol. The zero-order valence-electron chi connectivity index (χ0n) is 12.4. The Hall–Kier alpha value is -1.32. The van der Waals surface area contributed by atoms with E-state index in [0.29, 0.717) is 5.92 Å². The van der Waals surface area contributed by atoms with Gasteiger partial charge in [0.05, 0.1) is 5.69 Å². The van der Waals surface area contributed by atoms with Crippen LogP contribution in [0, 0.1) is 0 Å². The van der Waals surface area contributed by atoms with Crippen molar-refractivity contribution in [3.05, 3.63) is 11.8 Å². The molecule has 1 aromatic rings. The quantitative estimate of drug-likeness (QED) is 0.902. The summed E-state index contributed by atoms with van der Waals surface area (Å²) in [6.45, 7) is 9.55. The van der Waals surface area contributed by atoms with Crippen molar-refractivity contribution in [2.45, 2.75) is 52.4 Å². The zero-order chi connectivity index (χ0) is 13.7. The van der Waals surface area contributed by atoms with Gasteiger partial charge in [0.25, 0.3) is 0 Å². The molecule has 4 heteroatoms. The van der Waals surface area contributed by atoms with Gasteiger partial charge in [0.15, 0.2) is 0 Å². The molecule has 0 radical (unpaired) electrons. The van der Waals surface area contributed by atoms with Gasteiger partial charge in [-0.05, 0) is 25.7 Å². The number of nitrogens with one attached hydrogen (secondary N) is 1. The fraction of sp³-hybridized carbons (Fsp3) is 0.733. The van der Waals surface area contributed by atoms with Crippen molar-refractivity contribution in [2.75, 3.05) is 29.9 Å². The Labute approximate surface area is 116 Å². The minimum absolute atomic E-state index is 0.436. The molecule has 0 bridgehead atoms. The van der Waals surface area contributed by atoms with Gasteiger partial charge in [0.1, 0.15) is 5.82 Å². The van der Waals surface area contributed by atoms with Gasteiger partial charge in [0, 0.05) is 25.7 Å². The minimum Gasteiger partial charge on any atom is -0.370 e. The lowest BCUT2D eigenvalue weighted by Crippen LogP contribution is -2.26. The molecule has 1 fully saturated rings. The van der Waals surface area contributed by atoms with Crippen LogP contribution < -0.4 is 10.2 Å². The number of hydrogen-bond donors (Lipinski definition) is 1. The first kappa shape index (κ1) is 14.1. The molecule has 0 saturated carbocycles.